The van der Waals surface area contributed by atoms with Crippen molar-refractivity contribution in [1.29, 1.82) is 0 Å². The average Bonchev–Trinajstić information content (AvgIpc) is 2.64. The molecule has 4 unspecified atom stereocenters. The summed E-state index contributed by atoms with van der Waals surface area (Å²) in [6.45, 7) is 0. The second kappa shape index (κ2) is 2.83. The Bertz CT molecular complexity index is 156. The van der Waals surface area contributed by atoms with Gasteiger partial charge in [-0.25, -0.2) is 14.4 Å². The van der Waals surface area contributed by atoms with Crippen molar-refractivity contribution >= 4 is 12.1 Å². The fraction of sp³-hybridized carbons (Fsp3) is 1.00. The van der Waals surface area contributed by atoms with E-state index >= 15 is 0 Å². The van der Waals surface area contributed by atoms with Gasteiger partial charge < -0.3 is 0 Å². The lowest BCUT2D eigenvalue weighted by atomic mass is 9.85. The van der Waals surface area contributed by atoms with Gasteiger partial charge >= 0.3 is 0 Å². The fourth-order valence-electron chi connectivity index (χ4n) is 2.10. The van der Waals surface area contributed by atoms with Crippen molar-refractivity contribution < 1.29 is 4.94 Å². The molecule has 2 aliphatic heterocycles. The molecule has 1 aliphatic carbocycles. The molecule has 3 rings (SSSR count). The predicted octanol–water partition coefficient (Wildman–Crippen LogP) is -0.950. The van der Waals surface area contributed by atoms with Crippen molar-refractivity contribution in [2.45, 2.75) is 37.0 Å². The largest absolute Gasteiger partial charge is 0.246 e. The highest BCUT2D eigenvalue weighted by atomic mass is 32.2. The molecule has 0 bridgehead atoms. The van der Waals surface area contributed by atoms with Crippen LogP contribution in [0, 0.1) is 0 Å². The van der Waals surface area contributed by atoms with Gasteiger partial charge in [0.2, 0.25) is 0 Å². The van der Waals surface area contributed by atoms with Gasteiger partial charge in [-0.2, -0.15) is 11.0 Å². The van der Waals surface area contributed by atoms with Crippen molar-refractivity contribution in [3.63, 3.8) is 0 Å². The third kappa shape index (κ3) is 1.07. The maximum Gasteiger partial charge on any atom is 0.0534 e. The second-order valence-corrected chi connectivity index (χ2v) is 4.25. The third-order valence-corrected chi connectivity index (χ3v) is 3.67. The van der Waals surface area contributed by atoms with E-state index in [1.165, 1.54) is 0 Å². The first-order valence-electron chi connectivity index (χ1n) is 4.27. The van der Waals surface area contributed by atoms with E-state index in [0.717, 1.165) is 12.8 Å². The van der Waals surface area contributed by atoms with Gasteiger partial charge in [0, 0.05) is 24.2 Å². The zero-order chi connectivity index (χ0) is 7.97. The molecule has 2 saturated heterocycles. The van der Waals surface area contributed by atoms with E-state index in [2.05, 4.69) is 20.4 Å². The van der Waals surface area contributed by atoms with Crippen LogP contribution in [0.25, 0.3) is 0 Å². The monoisotopic (exact) mass is 188 g/mol. The summed E-state index contributed by atoms with van der Waals surface area (Å²) in [5, 5.41) is 0. The molecule has 12 heavy (non-hydrogen) atoms. The number of hydrogen-bond acceptors (Lipinski definition) is 6. The molecule has 5 nitrogen and oxygen atoms in total. The first-order chi connectivity index (χ1) is 5.93. The second-order valence-electron chi connectivity index (χ2n) is 3.57. The van der Waals surface area contributed by atoms with E-state index in [4.69, 9.17) is 4.94 Å². The Morgan fingerprint density at radius 1 is 0.917 bits per heavy atom. The van der Waals surface area contributed by atoms with E-state index in [1.807, 2.05) is 0 Å². The van der Waals surface area contributed by atoms with E-state index in [9.17, 15) is 0 Å². The van der Waals surface area contributed by atoms with Gasteiger partial charge in [-0.05, 0) is 12.8 Å². The summed E-state index contributed by atoms with van der Waals surface area (Å²) in [5.74, 6) is 0. The topological polar surface area (TPSA) is 57.4 Å². The van der Waals surface area contributed by atoms with Crippen LogP contribution < -0.4 is 20.4 Å². The molecule has 2 heterocycles. The lowest BCUT2D eigenvalue weighted by Crippen LogP contribution is -2.51. The molecular weight excluding hydrogens is 176 g/mol. The van der Waals surface area contributed by atoms with Crippen LogP contribution >= 0.6 is 12.1 Å². The minimum absolute atomic E-state index is 0.472. The molecular formula is C6H12N4OS. The molecule has 4 N–H and O–H groups in total. The molecule has 0 radical (unpaired) electrons. The van der Waals surface area contributed by atoms with Crippen molar-refractivity contribution in [1.82, 2.24) is 20.4 Å². The molecule has 0 amide bonds. The highest BCUT2D eigenvalue weighted by Gasteiger charge is 2.42. The lowest BCUT2D eigenvalue weighted by Gasteiger charge is -2.30. The molecule has 1 saturated carbocycles. The van der Waals surface area contributed by atoms with Crippen LogP contribution in [0.2, 0.25) is 0 Å². The van der Waals surface area contributed by atoms with Gasteiger partial charge in [0.25, 0.3) is 0 Å². The Morgan fingerprint density at radius 3 is 2.08 bits per heavy atom. The quantitative estimate of drug-likeness (QED) is 0.368. The van der Waals surface area contributed by atoms with Gasteiger partial charge in [0.05, 0.1) is 12.1 Å². The molecule has 0 spiro atoms. The normalized spacial score (nSPS) is 52.0. The van der Waals surface area contributed by atoms with Crippen LogP contribution in [0.4, 0.5) is 0 Å². The molecule has 3 aliphatic rings. The highest BCUT2D eigenvalue weighted by molar-refractivity contribution is 7.95. The van der Waals surface area contributed by atoms with Gasteiger partial charge in [-0.3, -0.25) is 0 Å². The van der Waals surface area contributed by atoms with Crippen LogP contribution in [0.15, 0.2) is 0 Å². The van der Waals surface area contributed by atoms with Gasteiger partial charge in [-0.15, -0.1) is 0 Å². The summed E-state index contributed by atoms with van der Waals surface area (Å²) >= 11 is 1.62. The Labute approximate surface area is 75.2 Å². The Hall–Kier alpha value is 0.150. The first kappa shape index (κ1) is 7.54. The molecule has 68 valence electrons. The maximum atomic E-state index is 4.99. The average molecular weight is 188 g/mol. The first-order valence-corrected chi connectivity index (χ1v) is 5.09. The third-order valence-electron chi connectivity index (χ3n) is 2.83. The summed E-state index contributed by atoms with van der Waals surface area (Å²) in [5.41, 5.74) is 5.97. The summed E-state index contributed by atoms with van der Waals surface area (Å²) in [7, 11) is 0. The van der Waals surface area contributed by atoms with E-state index in [0.29, 0.717) is 24.2 Å². The number of nitrogens with one attached hydrogen (secondary N) is 4. The zero-order valence-corrected chi connectivity index (χ0v) is 7.36. The summed E-state index contributed by atoms with van der Waals surface area (Å²) in [4.78, 5) is 4.99. The van der Waals surface area contributed by atoms with Gasteiger partial charge in [-0.1, -0.05) is 0 Å². The van der Waals surface area contributed by atoms with Crippen molar-refractivity contribution in [2.24, 2.45) is 0 Å². The molecule has 0 aromatic heterocycles. The molecule has 3 fully saturated rings. The van der Waals surface area contributed by atoms with E-state index < -0.39 is 0 Å². The molecule has 0 aromatic carbocycles. The Balaban J connectivity index is 1.75. The van der Waals surface area contributed by atoms with E-state index in [1.54, 1.807) is 12.1 Å². The Kier molecular flexibility index (Phi) is 1.78. The fourth-order valence-corrected chi connectivity index (χ4v) is 2.99. The Morgan fingerprint density at radius 2 is 1.50 bits per heavy atom. The number of hydroxylamine groups is 2. The molecule has 0 aromatic rings. The van der Waals surface area contributed by atoms with Gasteiger partial charge in [0.15, 0.2) is 0 Å². The van der Waals surface area contributed by atoms with Crippen LogP contribution in [0.3, 0.4) is 0 Å². The van der Waals surface area contributed by atoms with E-state index in [-0.39, 0.29) is 0 Å². The number of fused-ring (bicyclic) bond motifs is 2. The summed E-state index contributed by atoms with van der Waals surface area (Å²) in [6, 6.07) is 2.12. The molecule has 6 heteroatoms. The van der Waals surface area contributed by atoms with Crippen molar-refractivity contribution in [3.05, 3.63) is 0 Å². The minimum atomic E-state index is 0.472. The number of hydrogen-bond donors (Lipinski definition) is 4. The van der Waals surface area contributed by atoms with Crippen LogP contribution in [0.1, 0.15) is 12.8 Å². The lowest BCUT2D eigenvalue weighted by molar-refractivity contribution is 0.00913. The SMILES string of the molecule is C1C2NONC2CC2NSNC12. The number of rotatable bonds is 0. The highest BCUT2D eigenvalue weighted by Crippen LogP contribution is 2.27. The zero-order valence-electron chi connectivity index (χ0n) is 6.54. The van der Waals surface area contributed by atoms with Crippen LogP contribution in [-0.4, -0.2) is 24.2 Å². The van der Waals surface area contributed by atoms with Crippen molar-refractivity contribution in [3.8, 4) is 0 Å². The predicted molar refractivity (Wildman–Crippen MR) is 45.6 cm³/mol. The smallest absolute Gasteiger partial charge is 0.0534 e. The van der Waals surface area contributed by atoms with Crippen molar-refractivity contribution in [2.75, 3.05) is 0 Å². The molecule has 4 atom stereocenters. The summed E-state index contributed by atoms with van der Waals surface area (Å²) in [6.07, 6.45) is 2.25. The summed E-state index contributed by atoms with van der Waals surface area (Å²) < 4.78 is 6.71. The standard InChI is InChI=1S/C6H12N4OS/c1-3-4(8-11-7-3)2-6-5(1)9-12-10-6/h3-10H,1-2H2. The van der Waals surface area contributed by atoms with Gasteiger partial charge in [0.1, 0.15) is 0 Å². The van der Waals surface area contributed by atoms with Crippen LogP contribution in [-0.2, 0) is 4.94 Å². The minimum Gasteiger partial charge on any atom is -0.246 e. The van der Waals surface area contributed by atoms with Crippen LogP contribution in [0.5, 0.6) is 0 Å². The maximum absolute atomic E-state index is 4.99.